The molecule has 2 unspecified atom stereocenters. The zero-order valence-corrected chi connectivity index (χ0v) is 20.3. The van der Waals surface area contributed by atoms with Crippen LogP contribution < -0.4 is 9.47 Å². The number of benzene rings is 2. The minimum atomic E-state index is 0.0711. The van der Waals surface area contributed by atoms with Crippen LogP contribution in [0.5, 0.6) is 11.8 Å². The average molecular weight is 469 g/mol. The molecule has 5 heteroatoms. The highest BCUT2D eigenvalue weighted by atomic mass is 16.5. The molecular formula is C30H32N2O3. The smallest absolute Gasteiger partial charge is 0.213 e. The van der Waals surface area contributed by atoms with Gasteiger partial charge in [-0.15, -0.1) is 0 Å². The Bertz CT molecular complexity index is 1080. The molecule has 4 rings (SSSR count). The topological polar surface area (TPSA) is 53.5 Å². The van der Waals surface area contributed by atoms with Gasteiger partial charge in [0, 0.05) is 36.1 Å². The lowest BCUT2D eigenvalue weighted by Crippen LogP contribution is -2.21. The molecule has 0 aliphatic heterocycles. The van der Waals surface area contributed by atoms with Gasteiger partial charge in [0.05, 0.1) is 36.8 Å². The van der Waals surface area contributed by atoms with Gasteiger partial charge in [-0.05, 0) is 26.0 Å². The molecule has 0 aliphatic carbocycles. The van der Waals surface area contributed by atoms with Crippen molar-refractivity contribution in [3.63, 3.8) is 0 Å². The molecule has 35 heavy (non-hydrogen) atoms. The van der Waals surface area contributed by atoms with Crippen LogP contribution in [-0.2, 0) is 4.74 Å². The van der Waals surface area contributed by atoms with Gasteiger partial charge in [-0.1, -0.05) is 72.8 Å². The summed E-state index contributed by atoms with van der Waals surface area (Å²) in [5.74, 6) is 1.26. The van der Waals surface area contributed by atoms with Crippen molar-refractivity contribution in [1.29, 1.82) is 0 Å². The van der Waals surface area contributed by atoms with Crippen molar-refractivity contribution < 1.29 is 14.2 Å². The van der Waals surface area contributed by atoms with Crippen molar-refractivity contribution in [2.45, 2.75) is 38.9 Å². The van der Waals surface area contributed by atoms with Gasteiger partial charge >= 0.3 is 0 Å². The van der Waals surface area contributed by atoms with Crippen LogP contribution in [0, 0.1) is 0 Å². The van der Waals surface area contributed by atoms with Gasteiger partial charge in [0.15, 0.2) is 0 Å². The predicted octanol–water partition coefficient (Wildman–Crippen LogP) is 6.84. The maximum absolute atomic E-state index is 6.11. The molecule has 0 spiro atoms. The summed E-state index contributed by atoms with van der Waals surface area (Å²) in [5, 5.41) is 0. The van der Waals surface area contributed by atoms with Crippen molar-refractivity contribution in [2.24, 2.45) is 0 Å². The zero-order chi connectivity index (χ0) is 24.3. The molecule has 0 saturated carbocycles. The molecule has 4 aromatic rings. The monoisotopic (exact) mass is 468 g/mol. The Morgan fingerprint density at radius 2 is 0.971 bits per heavy atom. The van der Waals surface area contributed by atoms with Gasteiger partial charge in [0.2, 0.25) is 11.8 Å². The van der Waals surface area contributed by atoms with E-state index in [0.717, 1.165) is 35.4 Å². The Balaban J connectivity index is 1.16. The number of rotatable bonds is 12. The van der Waals surface area contributed by atoms with Crippen LogP contribution in [0.3, 0.4) is 0 Å². The third-order valence-corrected chi connectivity index (χ3v) is 5.60. The molecule has 2 heterocycles. The van der Waals surface area contributed by atoms with Crippen LogP contribution in [0.25, 0.3) is 22.5 Å². The zero-order valence-electron chi connectivity index (χ0n) is 20.3. The first-order valence-electron chi connectivity index (χ1n) is 12.1. The fourth-order valence-corrected chi connectivity index (χ4v) is 3.72. The molecule has 2 aromatic heterocycles. The van der Waals surface area contributed by atoms with Gasteiger partial charge in [-0.25, -0.2) is 9.97 Å². The first-order chi connectivity index (χ1) is 17.2. The Hall–Kier alpha value is -3.70. The summed E-state index contributed by atoms with van der Waals surface area (Å²) in [6.07, 6.45) is 1.70. The van der Waals surface area contributed by atoms with E-state index in [-0.39, 0.29) is 12.2 Å². The van der Waals surface area contributed by atoms with Crippen LogP contribution in [0.2, 0.25) is 0 Å². The first-order valence-corrected chi connectivity index (χ1v) is 12.1. The number of ether oxygens (including phenoxy) is 3. The quantitative estimate of drug-likeness (QED) is 0.228. The van der Waals surface area contributed by atoms with Crippen molar-refractivity contribution in [1.82, 2.24) is 9.97 Å². The second-order valence-corrected chi connectivity index (χ2v) is 8.49. The summed E-state index contributed by atoms with van der Waals surface area (Å²) in [6, 6.07) is 31.9. The molecule has 0 fully saturated rings. The maximum atomic E-state index is 6.11. The third kappa shape index (κ3) is 7.66. The lowest BCUT2D eigenvalue weighted by Gasteiger charge is -2.19. The molecule has 0 radical (unpaired) electrons. The Morgan fingerprint density at radius 1 is 0.543 bits per heavy atom. The number of nitrogens with zero attached hydrogens (tertiary/aromatic N) is 2. The third-order valence-electron chi connectivity index (χ3n) is 5.60. The largest absolute Gasteiger partial charge is 0.478 e. The molecule has 0 N–H and O–H groups in total. The lowest BCUT2D eigenvalue weighted by atomic mass is 10.1. The molecule has 0 bridgehead atoms. The molecular weight excluding hydrogens is 436 g/mol. The van der Waals surface area contributed by atoms with Crippen molar-refractivity contribution >= 4 is 0 Å². The fraction of sp³-hybridized carbons (Fsp3) is 0.267. The van der Waals surface area contributed by atoms with E-state index in [4.69, 9.17) is 14.2 Å². The fourth-order valence-electron chi connectivity index (χ4n) is 3.72. The highest BCUT2D eigenvalue weighted by Gasteiger charge is 2.11. The minimum Gasteiger partial charge on any atom is -0.478 e. The predicted molar refractivity (Wildman–Crippen MR) is 140 cm³/mol. The molecule has 2 atom stereocenters. The van der Waals surface area contributed by atoms with E-state index in [1.165, 1.54) is 0 Å². The van der Waals surface area contributed by atoms with E-state index < -0.39 is 0 Å². The molecule has 5 nitrogen and oxygen atoms in total. The Morgan fingerprint density at radius 3 is 1.40 bits per heavy atom. The van der Waals surface area contributed by atoms with E-state index >= 15 is 0 Å². The van der Waals surface area contributed by atoms with E-state index in [1.807, 2.05) is 97.1 Å². The highest BCUT2D eigenvalue weighted by Crippen LogP contribution is 2.21. The van der Waals surface area contributed by atoms with Gasteiger partial charge < -0.3 is 14.2 Å². The van der Waals surface area contributed by atoms with Gasteiger partial charge in [0.1, 0.15) is 0 Å². The maximum Gasteiger partial charge on any atom is 0.213 e. The second kappa shape index (κ2) is 12.7. The van der Waals surface area contributed by atoms with Crippen LogP contribution >= 0.6 is 0 Å². The molecule has 0 amide bonds. The first kappa shape index (κ1) is 24.4. The number of pyridine rings is 2. The molecule has 180 valence electrons. The van der Waals surface area contributed by atoms with Crippen LogP contribution in [-0.4, -0.2) is 35.4 Å². The van der Waals surface area contributed by atoms with E-state index in [9.17, 15) is 0 Å². The summed E-state index contributed by atoms with van der Waals surface area (Å²) < 4.78 is 17.9. The van der Waals surface area contributed by atoms with Crippen LogP contribution in [0.4, 0.5) is 0 Å². The van der Waals surface area contributed by atoms with Gasteiger partial charge in [-0.3, -0.25) is 0 Å². The van der Waals surface area contributed by atoms with E-state index in [1.54, 1.807) is 0 Å². The standard InChI is InChI=1S/C30H32N2O3/c1-23(19-21-33-29-17-9-15-27(31-29)25-11-5-3-6-12-25)35-24(2)20-22-34-30-18-10-16-28(32-30)26-13-7-4-8-14-26/h3-18,23-24H,19-22H2,1-2H3. The molecule has 2 aromatic carbocycles. The summed E-state index contributed by atoms with van der Waals surface area (Å²) >= 11 is 0. The number of aromatic nitrogens is 2. The van der Waals surface area contributed by atoms with Gasteiger partial charge in [-0.2, -0.15) is 0 Å². The number of hydrogen-bond donors (Lipinski definition) is 0. The van der Waals surface area contributed by atoms with Crippen molar-refractivity contribution in [3.8, 4) is 34.3 Å². The normalized spacial score (nSPS) is 12.6. The summed E-state index contributed by atoms with van der Waals surface area (Å²) in [7, 11) is 0. The summed E-state index contributed by atoms with van der Waals surface area (Å²) in [4.78, 5) is 9.22. The summed E-state index contributed by atoms with van der Waals surface area (Å²) in [5.41, 5.74) is 3.97. The van der Waals surface area contributed by atoms with Crippen LogP contribution in [0.15, 0.2) is 97.1 Å². The molecule has 0 aliphatic rings. The minimum absolute atomic E-state index is 0.0711. The molecule has 0 saturated heterocycles. The summed E-state index contributed by atoms with van der Waals surface area (Å²) in [6.45, 7) is 5.23. The average Bonchev–Trinajstić information content (AvgIpc) is 2.90. The van der Waals surface area contributed by atoms with Crippen molar-refractivity contribution in [2.75, 3.05) is 13.2 Å². The number of hydrogen-bond acceptors (Lipinski definition) is 5. The Labute approximate surface area is 207 Å². The van der Waals surface area contributed by atoms with Crippen LogP contribution in [0.1, 0.15) is 26.7 Å². The van der Waals surface area contributed by atoms with Gasteiger partial charge in [0.25, 0.3) is 0 Å². The lowest BCUT2D eigenvalue weighted by molar-refractivity contribution is -0.0114. The second-order valence-electron chi connectivity index (χ2n) is 8.49. The van der Waals surface area contributed by atoms with E-state index in [0.29, 0.717) is 25.0 Å². The SMILES string of the molecule is CC(CCOc1cccc(-c2ccccc2)n1)OC(C)CCOc1cccc(-c2ccccc2)n1. The highest BCUT2D eigenvalue weighted by molar-refractivity contribution is 5.60. The van der Waals surface area contributed by atoms with E-state index in [2.05, 4.69) is 23.8 Å². The Kier molecular flexibility index (Phi) is 8.85. The van der Waals surface area contributed by atoms with Crippen molar-refractivity contribution in [3.05, 3.63) is 97.1 Å².